The van der Waals surface area contributed by atoms with E-state index in [9.17, 15) is 0 Å². The molecule has 1 aromatic rings. The van der Waals surface area contributed by atoms with E-state index in [0.29, 0.717) is 0 Å². The van der Waals surface area contributed by atoms with Crippen molar-refractivity contribution in [2.45, 2.75) is 71.6 Å². The zero-order valence-corrected chi connectivity index (χ0v) is 13.9. The van der Waals surface area contributed by atoms with E-state index in [-0.39, 0.29) is 10.8 Å². The predicted molar refractivity (Wildman–Crippen MR) is 84.5 cm³/mol. The molecule has 0 aliphatic heterocycles. The van der Waals surface area contributed by atoms with E-state index in [4.69, 9.17) is 4.74 Å². The van der Waals surface area contributed by atoms with Gasteiger partial charge in [-0.25, -0.2) is 4.98 Å². The third kappa shape index (κ3) is 3.74. The molecule has 2 heteroatoms. The highest BCUT2D eigenvalue weighted by Gasteiger charge is 2.29. The van der Waals surface area contributed by atoms with E-state index in [1.54, 1.807) is 0 Å². The average Bonchev–Trinajstić information content (AvgIpc) is 3.10. The second-order valence-electron chi connectivity index (χ2n) is 8.12. The predicted octanol–water partition coefficient (Wildman–Crippen LogP) is 4.86. The van der Waals surface area contributed by atoms with E-state index >= 15 is 0 Å². The second kappa shape index (κ2) is 5.38. The van der Waals surface area contributed by atoms with Crippen LogP contribution in [0.25, 0.3) is 0 Å². The number of nitrogens with zero attached hydrogens (tertiary/aromatic N) is 1. The van der Waals surface area contributed by atoms with Gasteiger partial charge in [-0.3, -0.25) is 0 Å². The molecule has 1 aliphatic carbocycles. The third-order valence-electron chi connectivity index (χ3n) is 3.94. The molecule has 0 atom stereocenters. The van der Waals surface area contributed by atoms with Crippen molar-refractivity contribution in [1.82, 2.24) is 4.98 Å². The third-order valence-corrected chi connectivity index (χ3v) is 3.94. The largest absolute Gasteiger partial charge is 0.477 e. The van der Waals surface area contributed by atoms with Gasteiger partial charge in [0, 0.05) is 11.8 Å². The molecule has 1 heterocycles. The first kappa shape index (κ1) is 15.3. The maximum atomic E-state index is 6.04. The second-order valence-corrected chi connectivity index (χ2v) is 8.12. The van der Waals surface area contributed by atoms with Crippen LogP contribution in [-0.2, 0) is 10.8 Å². The van der Waals surface area contributed by atoms with Crippen molar-refractivity contribution in [3.63, 3.8) is 0 Å². The van der Waals surface area contributed by atoms with Gasteiger partial charge in [-0.1, -0.05) is 54.4 Å². The van der Waals surface area contributed by atoms with E-state index in [1.165, 1.54) is 30.4 Å². The van der Waals surface area contributed by atoms with Gasteiger partial charge < -0.3 is 4.74 Å². The first-order valence-electron chi connectivity index (χ1n) is 7.82. The molecular weight excluding hydrogens is 246 g/mol. The Balaban J connectivity index is 2.29. The van der Waals surface area contributed by atoms with Gasteiger partial charge >= 0.3 is 0 Å². The van der Waals surface area contributed by atoms with Crippen LogP contribution in [0.5, 0.6) is 5.88 Å². The van der Waals surface area contributed by atoms with E-state index in [2.05, 4.69) is 52.6 Å². The van der Waals surface area contributed by atoms with Gasteiger partial charge in [0.2, 0.25) is 5.88 Å². The summed E-state index contributed by atoms with van der Waals surface area (Å²) in [7, 11) is 0. The Bertz CT molecular complexity index is 461. The molecule has 0 amide bonds. The van der Waals surface area contributed by atoms with Gasteiger partial charge in [0.15, 0.2) is 0 Å². The molecule has 2 nitrogen and oxygen atoms in total. The fraction of sp³-hybridized carbons (Fsp3) is 0.722. The van der Waals surface area contributed by atoms with Crippen molar-refractivity contribution < 1.29 is 4.74 Å². The Morgan fingerprint density at radius 2 is 1.75 bits per heavy atom. The summed E-state index contributed by atoms with van der Waals surface area (Å²) in [6.45, 7) is 14.3. The number of pyridine rings is 1. The molecule has 0 N–H and O–H groups in total. The summed E-state index contributed by atoms with van der Waals surface area (Å²) in [5, 5.41) is 0. The Kier molecular flexibility index (Phi) is 4.13. The maximum Gasteiger partial charge on any atom is 0.217 e. The van der Waals surface area contributed by atoms with Gasteiger partial charge in [-0.2, -0.15) is 0 Å². The molecule has 20 heavy (non-hydrogen) atoms. The molecule has 1 saturated carbocycles. The van der Waals surface area contributed by atoms with Crippen molar-refractivity contribution in [2.75, 3.05) is 6.61 Å². The van der Waals surface area contributed by atoms with Gasteiger partial charge in [-0.05, 0) is 34.8 Å². The molecule has 0 aromatic carbocycles. The molecule has 112 valence electrons. The van der Waals surface area contributed by atoms with Crippen LogP contribution in [0.1, 0.15) is 71.9 Å². The number of hydrogen-bond donors (Lipinski definition) is 0. The molecule has 1 fully saturated rings. The quantitative estimate of drug-likeness (QED) is 0.783. The van der Waals surface area contributed by atoms with Gasteiger partial charge in [-0.15, -0.1) is 0 Å². The number of hydrogen-bond acceptors (Lipinski definition) is 2. The molecule has 2 rings (SSSR count). The minimum atomic E-state index is 0.0474. The van der Waals surface area contributed by atoms with E-state index in [1.807, 2.05) is 6.20 Å². The Labute approximate surface area is 124 Å². The fourth-order valence-electron chi connectivity index (χ4n) is 2.63. The number of aromatic nitrogens is 1. The normalized spacial score (nSPS) is 16.3. The minimum absolute atomic E-state index is 0.0474. The molecule has 0 saturated heterocycles. The van der Waals surface area contributed by atoms with Crippen LogP contribution >= 0.6 is 0 Å². The van der Waals surface area contributed by atoms with Crippen LogP contribution in [0, 0.1) is 5.92 Å². The monoisotopic (exact) mass is 275 g/mol. The highest BCUT2D eigenvalue weighted by molar-refractivity contribution is 5.43. The summed E-state index contributed by atoms with van der Waals surface area (Å²) in [6, 6.07) is 2.15. The smallest absolute Gasteiger partial charge is 0.217 e. The zero-order chi connectivity index (χ0) is 15.0. The van der Waals surface area contributed by atoms with Crippen molar-refractivity contribution in [3.05, 3.63) is 23.4 Å². The summed E-state index contributed by atoms with van der Waals surface area (Å²) in [5.74, 6) is 1.74. The first-order valence-corrected chi connectivity index (χ1v) is 7.82. The summed E-state index contributed by atoms with van der Waals surface area (Å²) < 4.78 is 6.04. The molecule has 0 radical (unpaired) electrons. The summed E-state index contributed by atoms with van der Waals surface area (Å²) >= 11 is 0. The maximum absolute atomic E-state index is 6.04. The van der Waals surface area contributed by atoms with Crippen molar-refractivity contribution in [2.24, 2.45) is 5.92 Å². The highest BCUT2D eigenvalue weighted by Crippen LogP contribution is 2.39. The topological polar surface area (TPSA) is 22.1 Å². The molecule has 0 bridgehead atoms. The van der Waals surface area contributed by atoms with Crippen LogP contribution in [-0.4, -0.2) is 11.6 Å². The Morgan fingerprint density at radius 1 is 1.10 bits per heavy atom. The van der Waals surface area contributed by atoms with Gasteiger partial charge in [0.05, 0.1) is 6.61 Å². The lowest BCUT2D eigenvalue weighted by atomic mass is 9.76. The van der Waals surface area contributed by atoms with Crippen LogP contribution in [0.15, 0.2) is 12.3 Å². The van der Waals surface area contributed by atoms with Gasteiger partial charge in [0.1, 0.15) is 0 Å². The van der Waals surface area contributed by atoms with E-state index < -0.39 is 0 Å². The highest BCUT2D eigenvalue weighted by atomic mass is 16.5. The standard InChI is InChI=1S/C18H29NO/c1-17(2,3)14-9-11-19-16(15(14)18(4,5)6)20-12-10-13-7-8-13/h9,11,13H,7-8,10,12H2,1-6H3. The van der Waals surface area contributed by atoms with Crippen LogP contribution < -0.4 is 4.74 Å². The fourth-order valence-corrected chi connectivity index (χ4v) is 2.63. The zero-order valence-electron chi connectivity index (χ0n) is 13.9. The van der Waals surface area contributed by atoms with Gasteiger partial charge in [0.25, 0.3) is 0 Å². The number of ether oxygens (including phenoxy) is 1. The summed E-state index contributed by atoms with van der Waals surface area (Å²) in [6.07, 6.45) is 5.82. The number of rotatable bonds is 4. The van der Waals surface area contributed by atoms with E-state index in [0.717, 1.165) is 18.4 Å². The lowest BCUT2D eigenvalue weighted by Gasteiger charge is -2.31. The molecule has 1 aliphatic rings. The molecular formula is C18H29NO. The van der Waals surface area contributed by atoms with Crippen molar-refractivity contribution in [1.29, 1.82) is 0 Å². The Hall–Kier alpha value is -1.05. The van der Waals surface area contributed by atoms with Crippen LogP contribution in [0.3, 0.4) is 0 Å². The molecule has 1 aromatic heterocycles. The Morgan fingerprint density at radius 3 is 2.25 bits per heavy atom. The van der Waals surface area contributed by atoms with Crippen molar-refractivity contribution >= 4 is 0 Å². The average molecular weight is 275 g/mol. The van der Waals surface area contributed by atoms with Crippen LogP contribution in [0.2, 0.25) is 0 Å². The lowest BCUT2D eigenvalue weighted by Crippen LogP contribution is -2.24. The van der Waals surface area contributed by atoms with Crippen LogP contribution in [0.4, 0.5) is 0 Å². The summed E-state index contributed by atoms with van der Waals surface area (Å²) in [4.78, 5) is 4.51. The SMILES string of the molecule is CC(C)(C)c1ccnc(OCCC2CC2)c1C(C)(C)C. The molecule has 0 spiro atoms. The lowest BCUT2D eigenvalue weighted by molar-refractivity contribution is 0.281. The van der Waals surface area contributed by atoms with Crippen molar-refractivity contribution in [3.8, 4) is 5.88 Å². The summed E-state index contributed by atoms with van der Waals surface area (Å²) in [5.41, 5.74) is 2.77. The first-order chi connectivity index (χ1) is 9.19. The minimum Gasteiger partial charge on any atom is -0.477 e. The molecule has 0 unspecified atom stereocenters.